The van der Waals surface area contributed by atoms with Crippen LogP contribution >= 0.6 is 0 Å². The molecule has 0 bridgehead atoms. The molecule has 0 unspecified atom stereocenters. The molecule has 3 heteroatoms. The van der Waals surface area contributed by atoms with Crippen LogP contribution in [0.3, 0.4) is 0 Å². The fraction of sp³-hybridized carbons (Fsp3) is 0.0154. The maximum absolute atomic E-state index is 6.54. The molecule has 0 saturated carbocycles. The fourth-order valence-corrected chi connectivity index (χ4v) is 9.83. The number of rotatable bonds is 10. The number of fused-ring (bicyclic) bond motifs is 4. The van der Waals surface area contributed by atoms with Gasteiger partial charge in [0.2, 0.25) is 0 Å². The summed E-state index contributed by atoms with van der Waals surface area (Å²) in [7, 11) is 0. The molecule has 0 amide bonds. The molecule has 0 fully saturated rings. The minimum Gasteiger partial charge on any atom is -0.456 e. The number of para-hydroxylation sites is 1. The summed E-state index contributed by atoms with van der Waals surface area (Å²) in [4.78, 5) is 4.69. The molecule has 0 N–H and O–H groups in total. The van der Waals surface area contributed by atoms with Crippen molar-refractivity contribution in [1.29, 1.82) is 0 Å². The van der Waals surface area contributed by atoms with Gasteiger partial charge in [0.1, 0.15) is 11.2 Å². The van der Waals surface area contributed by atoms with Gasteiger partial charge in [-0.1, -0.05) is 182 Å². The normalized spacial score (nSPS) is 11.3. The van der Waals surface area contributed by atoms with Gasteiger partial charge in [-0.2, -0.15) is 0 Å². The Morgan fingerprint density at radius 2 is 0.750 bits per heavy atom. The van der Waals surface area contributed by atoms with Crippen LogP contribution in [0.25, 0.3) is 77.2 Å². The second kappa shape index (κ2) is 17.5. The van der Waals surface area contributed by atoms with E-state index in [-0.39, 0.29) is 0 Å². The van der Waals surface area contributed by atoms with E-state index in [4.69, 9.17) is 4.42 Å². The smallest absolute Gasteiger partial charge is 0.137 e. The second-order valence-corrected chi connectivity index (χ2v) is 17.4. The van der Waals surface area contributed by atoms with E-state index in [1.54, 1.807) is 0 Å². The Labute approximate surface area is 397 Å². The molecular formula is C65H46N2O. The minimum absolute atomic E-state index is 0.868. The summed E-state index contributed by atoms with van der Waals surface area (Å²) in [5.41, 5.74) is 18.9. The van der Waals surface area contributed by atoms with E-state index >= 15 is 0 Å². The molecule has 0 atom stereocenters. The number of anilines is 6. The first-order valence-electron chi connectivity index (χ1n) is 23.2. The lowest BCUT2D eigenvalue weighted by molar-refractivity contribution is 0.669. The molecule has 12 rings (SSSR count). The van der Waals surface area contributed by atoms with Gasteiger partial charge in [0, 0.05) is 50.8 Å². The van der Waals surface area contributed by atoms with Crippen LogP contribution in [0.5, 0.6) is 0 Å². The number of benzene rings is 11. The van der Waals surface area contributed by atoms with Crippen LogP contribution in [-0.2, 0) is 0 Å². The van der Waals surface area contributed by atoms with Gasteiger partial charge >= 0.3 is 0 Å². The maximum atomic E-state index is 6.54. The third-order valence-corrected chi connectivity index (χ3v) is 13.2. The minimum atomic E-state index is 0.868. The highest BCUT2D eigenvalue weighted by Crippen LogP contribution is 2.46. The molecule has 1 aromatic heterocycles. The van der Waals surface area contributed by atoms with Crippen molar-refractivity contribution >= 4 is 66.8 Å². The van der Waals surface area contributed by atoms with Crippen molar-refractivity contribution in [3.05, 3.63) is 266 Å². The number of hydrogen-bond acceptors (Lipinski definition) is 3. The highest BCUT2D eigenvalue weighted by Gasteiger charge is 2.22. The first-order valence-corrected chi connectivity index (χ1v) is 23.2. The van der Waals surface area contributed by atoms with Crippen LogP contribution in [0.2, 0.25) is 0 Å². The van der Waals surface area contributed by atoms with Crippen molar-refractivity contribution in [3.8, 4) is 44.5 Å². The zero-order valence-corrected chi connectivity index (χ0v) is 37.6. The summed E-state index contributed by atoms with van der Waals surface area (Å²) in [6.45, 7) is 2.15. The van der Waals surface area contributed by atoms with E-state index in [0.29, 0.717) is 0 Å². The summed E-state index contributed by atoms with van der Waals surface area (Å²) < 4.78 is 6.54. The first-order chi connectivity index (χ1) is 33.6. The lowest BCUT2D eigenvalue weighted by atomic mass is 9.95. The summed E-state index contributed by atoms with van der Waals surface area (Å²) in [5, 5.41) is 4.69. The molecular weight excluding hydrogens is 825 g/mol. The topological polar surface area (TPSA) is 19.6 Å². The van der Waals surface area contributed by atoms with Gasteiger partial charge in [-0.05, 0) is 135 Å². The number of nitrogens with zero attached hydrogens (tertiary/aromatic N) is 2. The van der Waals surface area contributed by atoms with Gasteiger partial charge < -0.3 is 14.2 Å². The van der Waals surface area contributed by atoms with E-state index in [2.05, 4.69) is 278 Å². The van der Waals surface area contributed by atoms with E-state index in [9.17, 15) is 0 Å². The summed E-state index contributed by atoms with van der Waals surface area (Å²) >= 11 is 0. The Morgan fingerprint density at radius 3 is 1.34 bits per heavy atom. The first kappa shape index (κ1) is 40.6. The molecule has 0 radical (unpaired) electrons. The van der Waals surface area contributed by atoms with Crippen LogP contribution in [0, 0.1) is 6.92 Å². The van der Waals surface area contributed by atoms with Gasteiger partial charge in [0.25, 0.3) is 0 Å². The second-order valence-electron chi connectivity index (χ2n) is 17.4. The highest BCUT2D eigenvalue weighted by atomic mass is 16.3. The van der Waals surface area contributed by atoms with Crippen molar-refractivity contribution in [2.75, 3.05) is 9.80 Å². The van der Waals surface area contributed by atoms with Crippen molar-refractivity contribution in [3.63, 3.8) is 0 Å². The summed E-state index contributed by atoms with van der Waals surface area (Å²) in [6.07, 6.45) is 0. The zero-order chi connectivity index (χ0) is 45.4. The molecule has 0 aliphatic carbocycles. The van der Waals surface area contributed by atoms with Gasteiger partial charge in [-0.3, -0.25) is 0 Å². The third-order valence-electron chi connectivity index (χ3n) is 13.2. The molecule has 12 aromatic rings. The molecule has 0 aliphatic heterocycles. The molecule has 1 heterocycles. The van der Waals surface area contributed by atoms with Crippen LogP contribution in [0.4, 0.5) is 34.1 Å². The van der Waals surface area contributed by atoms with Crippen LogP contribution in [0.1, 0.15) is 5.56 Å². The molecule has 0 saturated heterocycles. The van der Waals surface area contributed by atoms with Crippen LogP contribution in [0.15, 0.2) is 265 Å². The fourth-order valence-electron chi connectivity index (χ4n) is 9.83. The highest BCUT2D eigenvalue weighted by molar-refractivity contribution is 6.09. The van der Waals surface area contributed by atoms with Gasteiger partial charge in [0.05, 0.1) is 5.69 Å². The van der Waals surface area contributed by atoms with Gasteiger partial charge in [-0.15, -0.1) is 0 Å². The van der Waals surface area contributed by atoms with Crippen molar-refractivity contribution in [2.45, 2.75) is 6.92 Å². The largest absolute Gasteiger partial charge is 0.456 e. The Morgan fingerprint density at radius 1 is 0.294 bits per heavy atom. The van der Waals surface area contributed by atoms with E-state index in [1.807, 2.05) is 0 Å². The molecule has 322 valence electrons. The molecule has 0 aliphatic rings. The van der Waals surface area contributed by atoms with Gasteiger partial charge in [-0.25, -0.2) is 0 Å². The van der Waals surface area contributed by atoms with Crippen LogP contribution in [-0.4, -0.2) is 0 Å². The third kappa shape index (κ3) is 7.56. The standard InChI is InChI=1S/C65H46N2O/c1-45-14-13-23-62-64(45)60-42-41-58(44-63(60)68-62)67(61-43-34-52-17-11-12-22-59(52)65(61)53-18-7-3-8-19-53)57-39-32-51(33-40-57)48-26-24-47(25-27-48)50-30-37-56(38-31-50)66(54-20-9-4-10-21-54)55-35-28-49(29-36-55)46-15-5-2-6-16-46/h2-44H,1H3. The monoisotopic (exact) mass is 870 g/mol. The number of aryl methyl sites for hydroxylation is 1. The quantitative estimate of drug-likeness (QED) is 0.137. The Balaban J connectivity index is 0.871. The van der Waals surface area contributed by atoms with Crippen molar-refractivity contribution in [1.82, 2.24) is 0 Å². The SMILES string of the molecule is Cc1cccc2oc3cc(N(c4ccc(-c5ccc(-c6ccc(N(c7ccccc7)c7ccc(-c8ccccc8)cc7)cc6)cc5)cc4)c4ccc5ccccc5c4-c4ccccc4)ccc3c12. The molecule has 11 aromatic carbocycles. The lowest BCUT2D eigenvalue weighted by Gasteiger charge is -2.29. The average Bonchev–Trinajstić information content (AvgIpc) is 3.79. The van der Waals surface area contributed by atoms with Crippen LogP contribution < -0.4 is 9.80 Å². The van der Waals surface area contributed by atoms with Crippen molar-refractivity contribution < 1.29 is 4.42 Å². The number of furan rings is 1. The predicted molar refractivity (Wildman–Crippen MR) is 287 cm³/mol. The maximum Gasteiger partial charge on any atom is 0.137 e. The van der Waals surface area contributed by atoms with E-state index in [0.717, 1.165) is 61.8 Å². The van der Waals surface area contributed by atoms with E-state index < -0.39 is 0 Å². The average molecular weight is 871 g/mol. The predicted octanol–water partition coefficient (Wildman–Crippen LogP) is 18.7. The molecule has 3 nitrogen and oxygen atoms in total. The van der Waals surface area contributed by atoms with Gasteiger partial charge in [0.15, 0.2) is 0 Å². The number of hydrogen-bond donors (Lipinski definition) is 0. The van der Waals surface area contributed by atoms with E-state index in [1.165, 1.54) is 55.1 Å². The Kier molecular flexibility index (Phi) is 10.4. The summed E-state index contributed by atoms with van der Waals surface area (Å²) in [5.74, 6) is 0. The molecule has 0 spiro atoms. The zero-order valence-electron chi connectivity index (χ0n) is 37.6. The Bertz CT molecular complexity index is 3690. The molecule has 68 heavy (non-hydrogen) atoms. The lowest BCUT2D eigenvalue weighted by Crippen LogP contribution is -2.11. The Hall–Kier alpha value is -8.92. The van der Waals surface area contributed by atoms with Crippen molar-refractivity contribution in [2.24, 2.45) is 0 Å². The summed E-state index contributed by atoms with van der Waals surface area (Å²) in [6, 6.07) is 93.5.